The number of hydrogen-bond donors (Lipinski definition) is 0. The Morgan fingerprint density at radius 2 is 2.33 bits per heavy atom. The van der Waals surface area contributed by atoms with E-state index in [4.69, 9.17) is 0 Å². The monoisotopic (exact) mass is 196 g/mol. The number of allylic oxidation sites excluding steroid dienone is 2. The van der Waals surface area contributed by atoms with Crippen LogP contribution in [0.1, 0.15) is 20.3 Å². The van der Waals surface area contributed by atoms with Crippen molar-refractivity contribution in [2.45, 2.75) is 20.3 Å². The van der Waals surface area contributed by atoms with E-state index >= 15 is 0 Å². The molecular weight excluding hydrogens is 187 g/mol. The SMILES string of the molecule is C/C=C(/I)CC. The normalized spacial score (nSPS) is 12.2. The fourth-order valence-electron chi connectivity index (χ4n) is 0.204. The van der Waals surface area contributed by atoms with Crippen molar-refractivity contribution < 1.29 is 0 Å². The first kappa shape index (κ1) is 6.47. The third-order valence-electron chi connectivity index (χ3n) is 0.651. The summed E-state index contributed by atoms with van der Waals surface area (Å²) in [7, 11) is 0. The minimum absolute atomic E-state index is 1.18. The molecule has 0 heterocycles. The molecule has 6 heavy (non-hydrogen) atoms. The third kappa shape index (κ3) is 2.69. The molecule has 36 valence electrons. The van der Waals surface area contributed by atoms with Gasteiger partial charge in [-0.3, -0.25) is 0 Å². The summed E-state index contributed by atoms with van der Waals surface area (Å²) < 4.78 is 1.44. The van der Waals surface area contributed by atoms with Crippen LogP contribution in [0.2, 0.25) is 0 Å². The van der Waals surface area contributed by atoms with Crippen LogP contribution in [-0.4, -0.2) is 0 Å². The molecule has 0 spiro atoms. The Bertz CT molecular complexity index is 55.0. The van der Waals surface area contributed by atoms with Crippen molar-refractivity contribution in [2.24, 2.45) is 0 Å². The first-order valence-electron chi connectivity index (χ1n) is 2.12. The highest BCUT2D eigenvalue weighted by Crippen LogP contribution is 2.07. The second kappa shape index (κ2) is 3.65. The lowest BCUT2D eigenvalue weighted by molar-refractivity contribution is 1.21. The fraction of sp³-hybridized carbons (Fsp3) is 0.600. The maximum atomic E-state index is 2.33. The highest BCUT2D eigenvalue weighted by atomic mass is 127. The highest BCUT2D eigenvalue weighted by Gasteiger charge is 1.75. The molecule has 0 fully saturated rings. The van der Waals surface area contributed by atoms with Crippen LogP contribution >= 0.6 is 22.6 Å². The molecule has 0 aliphatic carbocycles. The minimum atomic E-state index is 1.18. The van der Waals surface area contributed by atoms with Crippen molar-refractivity contribution in [1.29, 1.82) is 0 Å². The third-order valence-corrected chi connectivity index (χ3v) is 2.04. The Morgan fingerprint density at radius 3 is 2.33 bits per heavy atom. The molecule has 0 aliphatic heterocycles. The van der Waals surface area contributed by atoms with Crippen LogP contribution in [0, 0.1) is 0 Å². The molecule has 0 nitrogen and oxygen atoms in total. The van der Waals surface area contributed by atoms with Gasteiger partial charge in [-0.25, -0.2) is 0 Å². The van der Waals surface area contributed by atoms with Crippen molar-refractivity contribution >= 4 is 22.6 Å². The molecule has 0 amide bonds. The van der Waals surface area contributed by atoms with Crippen molar-refractivity contribution in [3.05, 3.63) is 9.66 Å². The lowest BCUT2D eigenvalue weighted by Crippen LogP contribution is -1.57. The quantitative estimate of drug-likeness (QED) is 0.565. The molecule has 0 unspecified atom stereocenters. The molecule has 1 heteroatoms. The smallest absolute Gasteiger partial charge is 0.0139 e. The van der Waals surface area contributed by atoms with Crippen LogP contribution in [-0.2, 0) is 0 Å². The van der Waals surface area contributed by atoms with E-state index in [0.29, 0.717) is 0 Å². The summed E-state index contributed by atoms with van der Waals surface area (Å²) in [6.45, 7) is 4.22. The first-order valence-corrected chi connectivity index (χ1v) is 3.19. The van der Waals surface area contributed by atoms with Crippen LogP contribution in [0.25, 0.3) is 0 Å². The van der Waals surface area contributed by atoms with Crippen LogP contribution in [0.3, 0.4) is 0 Å². The van der Waals surface area contributed by atoms with E-state index in [1.54, 1.807) is 0 Å². The lowest BCUT2D eigenvalue weighted by atomic mass is 10.4. The molecule has 0 saturated carbocycles. The van der Waals surface area contributed by atoms with E-state index in [1.807, 2.05) is 0 Å². The summed E-state index contributed by atoms with van der Waals surface area (Å²) in [5.74, 6) is 0. The molecule has 0 aromatic carbocycles. The predicted molar refractivity (Wildman–Crippen MR) is 38.1 cm³/mol. The second-order valence-electron chi connectivity index (χ2n) is 1.09. The molecule has 0 rings (SSSR count). The van der Waals surface area contributed by atoms with Gasteiger partial charge in [0.05, 0.1) is 0 Å². The van der Waals surface area contributed by atoms with Gasteiger partial charge in [0, 0.05) is 0 Å². The average molecular weight is 196 g/mol. The molecule has 0 aromatic heterocycles. The zero-order valence-electron chi connectivity index (χ0n) is 4.16. The summed E-state index contributed by atoms with van der Waals surface area (Å²) >= 11 is 2.33. The van der Waals surface area contributed by atoms with Crippen LogP contribution < -0.4 is 0 Å². The van der Waals surface area contributed by atoms with Gasteiger partial charge >= 0.3 is 0 Å². The number of halogens is 1. The Kier molecular flexibility index (Phi) is 3.94. The standard InChI is InChI=1S/C5H9I/c1-3-5(6)4-2/h3H,4H2,1-2H3/b5-3+. The van der Waals surface area contributed by atoms with Gasteiger partial charge in [-0.05, 0) is 39.5 Å². The summed E-state index contributed by atoms with van der Waals surface area (Å²) in [6, 6.07) is 0. The molecule has 0 N–H and O–H groups in total. The van der Waals surface area contributed by atoms with Gasteiger partial charge in [-0.1, -0.05) is 13.0 Å². The lowest BCUT2D eigenvalue weighted by Gasteiger charge is -1.82. The van der Waals surface area contributed by atoms with E-state index in [2.05, 4.69) is 42.5 Å². The molecule has 0 bridgehead atoms. The van der Waals surface area contributed by atoms with E-state index in [1.165, 1.54) is 10.0 Å². The maximum Gasteiger partial charge on any atom is -0.0139 e. The summed E-state index contributed by atoms with van der Waals surface area (Å²) in [5, 5.41) is 0. The first-order chi connectivity index (χ1) is 2.81. The zero-order chi connectivity index (χ0) is 4.99. The molecule has 0 saturated heterocycles. The van der Waals surface area contributed by atoms with Crippen molar-refractivity contribution in [1.82, 2.24) is 0 Å². The number of rotatable bonds is 1. The second-order valence-corrected chi connectivity index (χ2v) is 2.47. The van der Waals surface area contributed by atoms with Crippen LogP contribution in [0.5, 0.6) is 0 Å². The van der Waals surface area contributed by atoms with Gasteiger partial charge in [0.25, 0.3) is 0 Å². The van der Waals surface area contributed by atoms with E-state index < -0.39 is 0 Å². The Balaban J connectivity index is 3.22. The van der Waals surface area contributed by atoms with E-state index in [-0.39, 0.29) is 0 Å². The topological polar surface area (TPSA) is 0 Å². The molecule has 0 atom stereocenters. The molecular formula is C5H9I. The van der Waals surface area contributed by atoms with Gasteiger partial charge in [-0.15, -0.1) is 0 Å². The van der Waals surface area contributed by atoms with E-state index in [0.717, 1.165) is 0 Å². The Labute approximate surface area is 52.8 Å². The van der Waals surface area contributed by atoms with Gasteiger partial charge in [-0.2, -0.15) is 0 Å². The van der Waals surface area contributed by atoms with Crippen molar-refractivity contribution in [3.63, 3.8) is 0 Å². The largest absolute Gasteiger partial charge is 0.0784 e. The van der Waals surface area contributed by atoms with Gasteiger partial charge in [0.15, 0.2) is 0 Å². The van der Waals surface area contributed by atoms with Crippen molar-refractivity contribution in [3.8, 4) is 0 Å². The highest BCUT2D eigenvalue weighted by molar-refractivity contribution is 14.1. The van der Waals surface area contributed by atoms with Gasteiger partial charge < -0.3 is 0 Å². The predicted octanol–water partition coefficient (Wildman–Crippen LogP) is 2.74. The van der Waals surface area contributed by atoms with Crippen molar-refractivity contribution in [2.75, 3.05) is 0 Å². The van der Waals surface area contributed by atoms with Crippen LogP contribution in [0.4, 0.5) is 0 Å². The average Bonchev–Trinajstić information content (AvgIpc) is 1.65. The fourth-order valence-corrected chi connectivity index (χ4v) is 0.204. The minimum Gasteiger partial charge on any atom is -0.0784 e. The van der Waals surface area contributed by atoms with Gasteiger partial charge in [0.1, 0.15) is 0 Å². The molecule has 0 aliphatic rings. The Hall–Kier alpha value is 0.470. The summed E-state index contributed by atoms with van der Waals surface area (Å²) in [5.41, 5.74) is 0. The molecule has 0 aromatic rings. The maximum absolute atomic E-state index is 2.33. The van der Waals surface area contributed by atoms with E-state index in [9.17, 15) is 0 Å². The molecule has 0 radical (unpaired) electrons. The summed E-state index contributed by atoms with van der Waals surface area (Å²) in [4.78, 5) is 0. The zero-order valence-corrected chi connectivity index (χ0v) is 6.32. The Morgan fingerprint density at radius 1 is 1.83 bits per heavy atom. The number of hydrogen-bond acceptors (Lipinski definition) is 0. The van der Waals surface area contributed by atoms with Crippen LogP contribution in [0.15, 0.2) is 9.66 Å². The summed E-state index contributed by atoms with van der Waals surface area (Å²) in [6.07, 6.45) is 3.30. The van der Waals surface area contributed by atoms with Gasteiger partial charge in [0.2, 0.25) is 0 Å².